The topological polar surface area (TPSA) is 29.0 Å². The molecule has 1 aliphatic rings. The lowest BCUT2D eigenvalue weighted by atomic mass is 10.1. The van der Waals surface area contributed by atoms with Crippen LogP contribution in [0.1, 0.15) is 0 Å². The molecule has 2 aromatic rings. The molecule has 0 fully saturated rings. The van der Waals surface area contributed by atoms with Crippen LogP contribution in [0.2, 0.25) is 0 Å². The van der Waals surface area contributed by atoms with E-state index in [0.717, 1.165) is 13.1 Å². The summed E-state index contributed by atoms with van der Waals surface area (Å²) >= 11 is 0. The quantitative estimate of drug-likeness (QED) is 0.768. The molecule has 0 radical (unpaired) electrons. The number of benzene rings is 2. The molecule has 2 aromatic carbocycles. The van der Waals surface area contributed by atoms with Gasteiger partial charge >= 0.3 is 0 Å². The first-order chi connectivity index (χ1) is 8.47. The average molecular weight is 225 g/mol. The molecule has 0 aliphatic carbocycles. The van der Waals surface area contributed by atoms with Crippen LogP contribution in [-0.2, 0) is 0 Å². The van der Waals surface area contributed by atoms with E-state index >= 15 is 0 Å². The Balaban J connectivity index is 0.000000181. The second-order valence-corrected chi connectivity index (χ2v) is 3.81. The van der Waals surface area contributed by atoms with Crippen molar-refractivity contribution in [2.75, 3.05) is 13.1 Å². The molecule has 0 aromatic heterocycles. The van der Waals surface area contributed by atoms with Crippen molar-refractivity contribution >= 4 is 6.34 Å². The molecule has 2 nitrogen and oxygen atoms in total. The number of aliphatic imine (C=N–C) groups is 1. The van der Waals surface area contributed by atoms with Gasteiger partial charge in [0.25, 0.3) is 0 Å². The number of hydrogen-bond acceptors (Lipinski definition) is 1. The molecule has 2 N–H and O–H groups in total. The second kappa shape index (κ2) is 6.61. The number of hydrogen-bond donors (Lipinski definition) is 1. The first-order valence-electron chi connectivity index (χ1n) is 5.89. The van der Waals surface area contributed by atoms with E-state index in [-0.39, 0.29) is 0 Å². The standard InChI is InChI=1S/C12H10.C3H6N2/c1-3-7-11(8-4-1)12-9-5-2-6-10-12;1-2-5-3-4-1/h1-10H;3H,1-2H2,(H,4,5)/p+1. The zero-order chi connectivity index (χ0) is 11.8. The van der Waals surface area contributed by atoms with Crippen LogP contribution < -0.4 is 5.32 Å². The van der Waals surface area contributed by atoms with Crippen molar-refractivity contribution in [1.82, 2.24) is 0 Å². The Labute approximate surface area is 102 Å². The van der Waals surface area contributed by atoms with Gasteiger partial charge < -0.3 is 5.32 Å². The van der Waals surface area contributed by atoms with E-state index in [2.05, 4.69) is 58.8 Å². The SMILES string of the molecule is C1=NCC[NH2+]1.c1ccc(-c2ccccc2)cc1. The van der Waals surface area contributed by atoms with Crippen LogP contribution >= 0.6 is 0 Å². The molecule has 86 valence electrons. The second-order valence-electron chi connectivity index (χ2n) is 3.81. The average Bonchev–Trinajstić information content (AvgIpc) is 3.00. The van der Waals surface area contributed by atoms with Gasteiger partial charge in [-0.3, -0.25) is 0 Å². The summed E-state index contributed by atoms with van der Waals surface area (Å²) in [6.45, 7) is 2.17. The van der Waals surface area contributed by atoms with Crippen molar-refractivity contribution in [3.63, 3.8) is 0 Å². The first-order valence-corrected chi connectivity index (χ1v) is 5.89. The number of quaternary nitrogens is 1. The zero-order valence-electron chi connectivity index (χ0n) is 9.79. The highest BCUT2D eigenvalue weighted by molar-refractivity contribution is 5.62. The lowest BCUT2D eigenvalue weighted by molar-refractivity contribution is -0.518. The molecular weight excluding hydrogens is 208 g/mol. The fourth-order valence-corrected chi connectivity index (χ4v) is 1.63. The summed E-state index contributed by atoms with van der Waals surface area (Å²) in [5, 5.41) is 2.07. The van der Waals surface area contributed by atoms with Gasteiger partial charge in [0.2, 0.25) is 0 Å². The van der Waals surface area contributed by atoms with E-state index in [1.165, 1.54) is 11.1 Å². The maximum atomic E-state index is 3.90. The summed E-state index contributed by atoms with van der Waals surface area (Å²) in [4.78, 5) is 3.90. The van der Waals surface area contributed by atoms with Crippen molar-refractivity contribution < 1.29 is 5.32 Å². The van der Waals surface area contributed by atoms with Gasteiger partial charge in [0.05, 0.1) is 6.54 Å². The van der Waals surface area contributed by atoms with Gasteiger partial charge in [-0.15, -0.1) is 0 Å². The minimum Gasteiger partial charge on any atom is -0.303 e. The number of nitrogens with zero attached hydrogens (tertiary/aromatic N) is 1. The Hall–Kier alpha value is -1.93. The lowest BCUT2D eigenvalue weighted by Gasteiger charge is -1.98. The van der Waals surface area contributed by atoms with Crippen molar-refractivity contribution in [2.24, 2.45) is 4.99 Å². The lowest BCUT2D eigenvalue weighted by Crippen LogP contribution is -2.80. The van der Waals surface area contributed by atoms with Gasteiger partial charge in [-0.05, 0) is 11.1 Å². The molecule has 0 amide bonds. The summed E-state index contributed by atoms with van der Waals surface area (Å²) in [7, 11) is 0. The number of rotatable bonds is 1. The summed E-state index contributed by atoms with van der Waals surface area (Å²) < 4.78 is 0. The Morgan fingerprint density at radius 1 is 0.765 bits per heavy atom. The highest BCUT2D eigenvalue weighted by Crippen LogP contribution is 2.17. The third-order valence-electron chi connectivity index (χ3n) is 2.52. The molecule has 1 heterocycles. The van der Waals surface area contributed by atoms with Crippen LogP contribution in [0.4, 0.5) is 0 Å². The summed E-state index contributed by atoms with van der Waals surface area (Å²) in [6.07, 6.45) is 1.86. The fourth-order valence-electron chi connectivity index (χ4n) is 1.63. The van der Waals surface area contributed by atoms with Crippen molar-refractivity contribution in [3.8, 4) is 11.1 Å². The molecule has 0 unspecified atom stereocenters. The summed E-state index contributed by atoms with van der Waals surface area (Å²) in [5.41, 5.74) is 2.55. The van der Waals surface area contributed by atoms with Crippen molar-refractivity contribution in [3.05, 3.63) is 60.7 Å². The predicted octanol–water partition coefficient (Wildman–Crippen LogP) is 1.95. The van der Waals surface area contributed by atoms with Crippen LogP contribution in [-0.4, -0.2) is 19.4 Å². The summed E-state index contributed by atoms with van der Waals surface area (Å²) in [5.74, 6) is 0. The van der Waals surface area contributed by atoms with Crippen LogP contribution in [0.3, 0.4) is 0 Å². The van der Waals surface area contributed by atoms with Gasteiger partial charge in [0.15, 0.2) is 6.34 Å². The van der Waals surface area contributed by atoms with E-state index in [1.54, 1.807) is 0 Å². The van der Waals surface area contributed by atoms with Gasteiger partial charge in [-0.25, -0.2) is 4.99 Å². The van der Waals surface area contributed by atoms with E-state index in [4.69, 9.17) is 0 Å². The van der Waals surface area contributed by atoms with Crippen molar-refractivity contribution in [1.29, 1.82) is 0 Å². The maximum absolute atomic E-state index is 3.90. The van der Waals surface area contributed by atoms with Gasteiger partial charge in [-0.2, -0.15) is 0 Å². The summed E-state index contributed by atoms with van der Waals surface area (Å²) in [6, 6.07) is 20.8. The molecule has 2 heteroatoms. The Morgan fingerprint density at radius 3 is 1.59 bits per heavy atom. The Morgan fingerprint density at radius 2 is 1.29 bits per heavy atom. The van der Waals surface area contributed by atoms with E-state index < -0.39 is 0 Å². The van der Waals surface area contributed by atoms with E-state index in [0.29, 0.717) is 0 Å². The molecule has 0 bridgehead atoms. The predicted molar refractivity (Wildman–Crippen MR) is 72.0 cm³/mol. The van der Waals surface area contributed by atoms with Crippen molar-refractivity contribution in [2.45, 2.75) is 0 Å². The normalized spacial score (nSPS) is 12.9. The minimum atomic E-state index is 1.01. The van der Waals surface area contributed by atoms with Gasteiger partial charge in [0, 0.05) is 0 Å². The molecule has 1 aliphatic heterocycles. The first kappa shape index (κ1) is 11.6. The van der Waals surface area contributed by atoms with Crippen LogP contribution in [0.5, 0.6) is 0 Å². The zero-order valence-corrected chi connectivity index (χ0v) is 9.79. The smallest absolute Gasteiger partial charge is 0.182 e. The fraction of sp³-hybridized carbons (Fsp3) is 0.133. The maximum Gasteiger partial charge on any atom is 0.182 e. The molecule has 0 saturated carbocycles. The van der Waals surface area contributed by atoms with Gasteiger partial charge in [0.1, 0.15) is 6.54 Å². The minimum absolute atomic E-state index is 1.01. The monoisotopic (exact) mass is 225 g/mol. The van der Waals surface area contributed by atoms with E-state index in [1.807, 2.05) is 18.5 Å². The Kier molecular flexibility index (Phi) is 4.49. The van der Waals surface area contributed by atoms with E-state index in [9.17, 15) is 0 Å². The van der Waals surface area contributed by atoms with Crippen LogP contribution in [0, 0.1) is 0 Å². The molecule has 0 spiro atoms. The molecule has 3 rings (SSSR count). The van der Waals surface area contributed by atoms with Gasteiger partial charge in [-0.1, -0.05) is 60.7 Å². The number of nitrogens with two attached hydrogens (primary N) is 1. The third kappa shape index (κ3) is 3.85. The third-order valence-corrected chi connectivity index (χ3v) is 2.52. The van der Waals surface area contributed by atoms with Crippen LogP contribution in [0.15, 0.2) is 65.7 Å². The molecular formula is C15H17N2+. The molecule has 17 heavy (non-hydrogen) atoms. The Bertz CT molecular complexity index is 405. The highest BCUT2D eigenvalue weighted by Gasteiger charge is 1.91. The highest BCUT2D eigenvalue weighted by atomic mass is 15.0. The van der Waals surface area contributed by atoms with Crippen LogP contribution in [0.25, 0.3) is 11.1 Å². The molecule has 0 saturated heterocycles. The largest absolute Gasteiger partial charge is 0.303 e. The molecule has 0 atom stereocenters.